The summed E-state index contributed by atoms with van der Waals surface area (Å²) in [7, 11) is 1.62. The Bertz CT molecular complexity index is 746. The van der Waals surface area contributed by atoms with Crippen molar-refractivity contribution in [1.29, 1.82) is 0 Å². The van der Waals surface area contributed by atoms with Crippen LogP contribution in [0.4, 0.5) is 0 Å². The lowest BCUT2D eigenvalue weighted by Crippen LogP contribution is -2.41. The van der Waals surface area contributed by atoms with Gasteiger partial charge < -0.3 is 20.1 Å². The number of benzene rings is 1. The molecule has 1 aliphatic rings. The normalized spacial score (nSPS) is 17.8. The predicted octanol–water partition coefficient (Wildman–Crippen LogP) is 2.85. The zero-order valence-corrected chi connectivity index (χ0v) is 15.9. The number of pyridine rings is 1. The fourth-order valence-electron chi connectivity index (χ4n) is 3.20. The van der Waals surface area contributed by atoms with Gasteiger partial charge in [0.25, 0.3) is 0 Å². The van der Waals surface area contributed by atoms with E-state index in [0.29, 0.717) is 18.1 Å². The van der Waals surface area contributed by atoms with Gasteiger partial charge in [0.2, 0.25) is 5.91 Å². The lowest BCUT2D eigenvalue weighted by molar-refractivity contribution is -0.126. The van der Waals surface area contributed by atoms with Crippen LogP contribution < -0.4 is 20.1 Å². The molecule has 2 heterocycles. The van der Waals surface area contributed by atoms with Gasteiger partial charge in [0, 0.05) is 18.9 Å². The summed E-state index contributed by atoms with van der Waals surface area (Å²) >= 11 is 0. The van der Waals surface area contributed by atoms with Gasteiger partial charge in [0.1, 0.15) is 6.61 Å². The molecule has 1 aromatic carbocycles. The van der Waals surface area contributed by atoms with E-state index in [-0.39, 0.29) is 17.9 Å². The second-order valence-corrected chi connectivity index (χ2v) is 6.83. The molecule has 6 heteroatoms. The van der Waals surface area contributed by atoms with Crippen LogP contribution in [-0.4, -0.2) is 31.1 Å². The molecule has 0 spiro atoms. The standard InChI is InChI=1S/C21H27N3O3/c1-15(24-21(25)18-4-3-9-23-13-18)17-5-6-19(20(12-17)26-2)27-14-16-7-10-22-11-8-16/h5-8,10-12,15,18,23H,3-4,9,13-14H2,1-2H3,(H,24,25). The third kappa shape index (κ3) is 5.20. The highest BCUT2D eigenvalue weighted by Gasteiger charge is 2.22. The fourth-order valence-corrected chi connectivity index (χ4v) is 3.20. The molecule has 0 saturated carbocycles. The number of ether oxygens (including phenoxy) is 2. The summed E-state index contributed by atoms with van der Waals surface area (Å²) in [6.07, 6.45) is 5.47. The Hall–Kier alpha value is -2.60. The Morgan fingerprint density at radius 1 is 1.30 bits per heavy atom. The summed E-state index contributed by atoms with van der Waals surface area (Å²) in [5.41, 5.74) is 2.03. The van der Waals surface area contributed by atoms with Crippen LogP contribution in [0.3, 0.4) is 0 Å². The van der Waals surface area contributed by atoms with Gasteiger partial charge in [-0.2, -0.15) is 0 Å². The molecule has 2 atom stereocenters. The van der Waals surface area contributed by atoms with Gasteiger partial charge in [-0.3, -0.25) is 9.78 Å². The quantitative estimate of drug-likeness (QED) is 0.785. The Balaban J connectivity index is 1.62. The van der Waals surface area contributed by atoms with Crippen molar-refractivity contribution in [3.63, 3.8) is 0 Å². The van der Waals surface area contributed by atoms with Crippen molar-refractivity contribution >= 4 is 5.91 Å². The number of nitrogens with zero attached hydrogens (tertiary/aromatic N) is 1. The molecular formula is C21H27N3O3. The number of methoxy groups -OCH3 is 1. The van der Waals surface area contributed by atoms with Crippen LogP contribution in [0.15, 0.2) is 42.7 Å². The first-order valence-corrected chi connectivity index (χ1v) is 9.38. The smallest absolute Gasteiger partial charge is 0.224 e. The van der Waals surface area contributed by atoms with E-state index in [9.17, 15) is 4.79 Å². The maximum atomic E-state index is 12.5. The molecular weight excluding hydrogens is 342 g/mol. The average molecular weight is 369 g/mol. The highest BCUT2D eigenvalue weighted by molar-refractivity contribution is 5.79. The largest absolute Gasteiger partial charge is 0.493 e. The van der Waals surface area contributed by atoms with Gasteiger partial charge in [-0.15, -0.1) is 0 Å². The Labute approximate surface area is 160 Å². The molecule has 1 amide bonds. The number of hydrogen-bond donors (Lipinski definition) is 2. The van der Waals surface area contributed by atoms with Crippen LogP contribution >= 0.6 is 0 Å². The van der Waals surface area contributed by atoms with Gasteiger partial charge >= 0.3 is 0 Å². The van der Waals surface area contributed by atoms with Crippen LogP contribution in [0.2, 0.25) is 0 Å². The van der Waals surface area contributed by atoms with Gasteiger partial charge in [-0.05, 0) is 61.7 Å². The third-order valence-corrected chi connectivity index (χ3v) is 4.86. The number of piperidine rings is 1. The van der Waals surface area contributed by atoms with E-state index in [2.05, 4.69) is 15.6 Å². The highest BCUT2D eigenvalue weighted by Crippen LogP contribution is 2.31. The second-order valence-electron chi connectivity index (χ2n) is 6.83. The summed E-state index contributed by atoms with van der Waals surface area (Å²) in [6.45, 7) is 4.18. The first kappa shape index (κ1) is 19.2. The topological polar surface area (TPSA) is 72.5 Å². The Kier molecular flexibility index (Phi) is 6.65. The number of rotatable bonds is 7. The van der Waals surface area contributed by atoms with Crippen molar-refractivity contribution in [3.8, 4) is 11.5 Å². The molecule has 2 N–H and O–H groups in total. The third-order valence-electron chi connectivity index (χ3n) is 4.86. The molecule has 2 aromatic rings. The molecule has 0 radical (unpaired) electrons. The monoisotopic (exact) mass is 369 g/mol. The number of hydrogen-bond acceptors (Lipinski definition) is 5. The first-order chi connectivity index (χ1) is 13.2. The van der Waals surface area contributed by atoms with Crippen LogP contribution in [0.25, 0.3) is 0 Å². The number of aromatic nitrogens is 1. The molecule has 0 bridgehead atoms. The van der Waals surface area contributed by atoms with Gasteiger partial charge in [-0.25, -0.2) is 0 Å². The predicted molar refractivity (Wildman–Crippen MR) is 104 cm³/mol. The molecule has 0 aliphatic carbocycles. The minimum atomic E-state index is -0.0948. The number of carbonyl (C=O) groups is 1. The zero-order valence-electron chi connectivity index (χ0n) is 15.9. The van der Waals surface area contributed by atoms with Crippen LogP contribution in [0, 0.1) is 5.92 Å². The zero-order chi connectivity index (χ0) is 19.1. The maximum absolute atomic E-state index is 12.5. The van der Waals surface area contributed by atoms with Crippen molar-refractivity contribution < 1.29 is 14.3 Å². The molecule has 2 unspecified atom stereocenters. The SMILES string of the molecule is COc1cc(C(C)NC(=O)C2CCCNC2)ccc1OCc1ccncc1. The van der Waals surface area contributed by atoms with Crippen molar-refractivity contribution in [2.24, 2.45) is 5.92 Å². The van der Waals surface area contributed by atoms with Crippen LogP contribution in [-0.2, 0) is 11.4 Å². The molecule has 1 saturated heterocycles. The van der Waals surface area contributed by atoms with Crippen molar-refractivity contribution in [3.05, 3.63) is 53.9 Å². The molecule has 1 fully saturated rings. The maximum Gasteiger partial charge on any atom is 0.224 e. The summed E-state index contributed by atoms with van der Waals surface area (Å²) in [6, 6.07) is 9.51. The molecule has 1 aliphatic heterocycles. The summed E-state index contributed by atoms with van der Waals surface area (Å²) < 4.78 is 11.4. The summed E-state index contributed by atoms with van der Waals surface area (Å²) in [4.78, 5) is 16.5. The van der Waals surface area contributed by atoms with Gasteiger partial charge in [0.05, 0.1) is 19.1 Å². The summed E-state index contributed by atoms with van der Waals surface area (Å²) in [5.74, 6) is 1.48. The Morgan fingerprint density at radius 3 is 2.81 bits per heavy atom. The molecule has 1 aromatic heterocycles. The lowest BCUT2D eigenvalue weighted by atomic mass is 9.98. The molecule has 144 valence electrons. The van der Waals surface area contributed by atoms with Gasteiger partial charge in [-0.1, -0.05) is 6.07 Å². The molecule has 27 heavy (non-hydrogen) atoms. The summed E-state index contributed by atoms with van der Waals surface area (Å²) in [5, 5.41) is 6.39. The minimum absolute atomic E-state index is 0.0473. The Morgan fingerprint density at radius 2 is 2.11 bits per heavy atom. The van der Waals surface area contributed by atoms with Crippen molar-refractivity contribution in [2.45, 2.75) is 32.4 Å². The van der Waals surface area contributed by atoms with E-state index in [1.165, 1.54) is 0 Å². The average Bonchev–Trinajstić information content (AvgIpc) is 2.73. The molecule has 3 rings (SSSR count). The number of carbonyl (C=O) groups excluding carboxylic acids is 1. The van der Waals surface area contributed by atoms with Crippen molar-refractivity contribution in [1.82, 2.24) is 15.6 Å². The highest BCUT2D eigenvalue weighted by atomic mass is 16.5. The second kappa shape index (κ2) is 9.37. The van der Waals surface area contributed by atoms with Crippen LogP contribution in [0.5, 0.6) is 11.5 Å². The van der Waals surface area contributed by atoms with E-state index in [0.717, 1.165) is 37.1 Å². The fraction of sp³-hybridized carbons (Fsp3) is 0.429. The van der Waals surface area contributed by atoms with E-state index >= 15 is 0 Å². The van der Waals surface area contributed by atoms with E-state index in [1.807, 2.05) is 37.3 Å². The minimum Gasteiger partial charge on any atom is -0.493 e. The molecule has 6 nitrogen and oxygen atoms in total. The first-order valence-electron chi connectivity index (χ1n) is 9.38. The number of amides is 1. The number of nitrogens with one attached hydrogen (secondary N) is 2. The van der Waals surface area contributed by atoms with Crippen molar-refractivity contribution in [2.75, 3.05) is 20.2 Å². The van der Waals surface area contributed by atoms with Gasteiger partial charge in [0.15, 0.2) is 11.5 Å². The van der Waals surface area contributed by atoms with Crippen LogP contribution in [0.1, 0.15) is 36.9 Å². The van der Waals surface area contributed by atoms with E-state index in [1.54, 1.807) is 19.5 Å². The van der Waals surface area contributed by atoms with E-state index in [4.69, 9.17) is 9.47 Å². The van der Waals surface area contributed by atoms with E-state index < -0.39 is 0 Å². The lowest BCUT2D eigenvalue weighted by Gasteiger charge is -2.24.